The molecule has 0 unspecified atom stereocenters. The van der Waals surface area contributed by atoms with Crippen molar-refractivity contribution in [3.8, 4) is 23.3 Å². The van der Waals surface area contributed by atoms with Gasteiger partial charge in [-0.15, -0.1) is 0 Å². The Balaban J connectivity index is 1.73. The van der Waals surface area contributed by atoms with Gasteiger partial charge in [-0.25, -0.2) is 0 Å². The normalized spacial score (nSPS) is 10.8. The topological polar surface area (TPSA) is 80.6 Å². The average Bonchev–Trinajstić information content (AvgIpc) is 2.82. The molecule has 0 heterocycles. The van der Waals surface area contributed by atoms with Gasteiger partial charge in [0.25, 0.3) is 5.91 Å². The molecule has 0 aromatic heterocycles. The number of carbonyl (C=O) groups is 1. The molecule has 168 valence electrons. The maximum atomic E-state index is 12.6. The summed E-state index contributed by atoms with van der Waals surface area (Å²) in [6, 6.07) is 21.0. The second-order valence-corrected chi connectivity index (χ2v) is 7.52. The van der Waals surface area contributed by atoms with E-state index in [9.17, 15) is 10.1 Å². The van der Waals surface area contributed by atoms with Gasteiger partial charge in [0.05, 0.1) is 12.1 Å². The fourth-order valence-electron chi connectivity index (χ4n) is 2.86. The lowest BCUT2D eigenvalue weighted by Gasteiger charge is -2.13. The molecule has 0 saturated heterocycles. The van der Waals surface area contributed by atoms with Crippen LogP contribution in [0.4, 0.5) is 5.69 Å². The molecule has 0 aliphatic rings. The lowest BCUT2D eigenvalue weighted by atomic mass is 10.1. The second kappa shape index (κ2) is 11.8. The zero-order valence-electron chi connectivity index (χ0n) is 17.7. The number of nitriles is 1. The fraction of sp³-hybridized carbons (Fsp3) is 0.120. The molecular weight excluding hydrogens is 463 g/mol. The second-order valence-electron chi connectivity index (χ2n) is 6.67. The number of hydrogen-bond acceptors (Lipinski definition) is 5. The van der Waals surface area contributed by atoms with E-state index in [2.05, 4.69) is 5.32 Å². The summed E-state index contributed by atoms with van der Waals surface area (Å²) in [6.45, 7) is 0.395. The van der Waals surface area contributed by atoms with Gasteiger partial charge in [0.1, 0.15) is 42.1 Å². The average molecular weight is 483 g/mol. The molecule has 3 aromatic carbocycles. The SMILES string of the molecule is COc1cccc(OCCOc2c(Cl)cc(Cl)cc2C=C(C#N)C(=O)Nc2ccccc2)c1. The summed E-state index contributed by atoms with van der Waals surface area (Å²) in [6.07, 6.45) is 1.38. The van der Waals surface area contributed by atoms with Gasteiger partial charge in [0.15, 0.2) is 0 Å². The van der Waals surface area contributed by atoms with E-state index in [1.165, 1.54) is 12.1 Å². The maximum Gasteiger partial charge on any atom is 0.266 e. The van der Waals surface area contributed by atoms with Gasteiger partial charge in [-0.3, -0.25) is 4.79 Å². The molecule has 6 nitrogen and oxygen atoms in total. The largest absolute Gasteiger partial charge is 0.497 e. The van der Waals surface area contributed by atoms with E-state index in [-0.39, 0.29) is 29.6 Å². The molecule has 0 aliphatic heterocycles. The van der Waals surface area contributed by atoms with Gasteiger partial charge in [0, 0.05) is 22.3 Å². The number of para-hydroxylation sites is 1. The van der Waals surface area contributed by atoms with Gasteiger partial charge >= 0.3 is 0 Å². The van der Waals surface area contributed by atoms with Crippen LogP contribution in [0.1, 0.15) is 5.56 Å². The van der Waals surface area contributed by atoms with Crippen molar-refractivity contribution in [2.75, 3.05) is 25.6 Å². The van der Waals surface area contributed by atoms with E-state index in [1.807, 2.05) is 24.3 Å². The van der Waals surface area contributed by atoms with Crippen LogP contribution >= 0.6 is 23.2 Å². The minimum absolute atomic E-state index is 0.130. The van der Waals surface area contributed by atoms with Crippen LogP contribution in [0.15, 0.2) is 72.3 Å². The summed E-state index contributed by atoms with van der Waals surface area (Å²) in [4.78, 5) is 12.6. The van der Waals surface area contributed by atoms with Crippen LogP contribution in [-0.2, 0) is 4.79 Å². The Hall–Kier alpha value is -3.66. The van der Waals surface area contributed by atoms with Gasteiger partial charge in [-0.1, -0.05) is 47.5 Å². The van der Waals surface area contributed by atoms with E-state index in [4.69, 9.17) is 37.4 Å². The van der Waals surface area contributed by atoms with E-state index < -0.39 is 5.91 Å². The number of ether oxygens (including phenoxy) is 3. The van der Waals surface area contributed by atoms with Gasteiger partial charge in [0.2, 0.25) is 0 Å². The van der Waals surface area contributed by atoms with Crippen molar-refractivity contribution >= 4 is 40.9 Å². The van der Waals surface area contributed by atoms with Crippen molar-refractivity contribution in [1.82, 2.24) is 0 Å². The summed E-state index contributed by atoms with van der Waals surface area (Å²) in [5, 5.41) is 12.8. The van der Waals surface area contributed by atoms with Crippen molar-refractivity contribution in [1.29, 1.82) is 5.26 Å². The first-order valence-corrected chi connectivity index (χ1v) is 10.6. The van der Waals surface area contributed by atoms with Gasteiger partial charge in [-0.2, -0.15) is 5.26 Å². The van der Waals surface area contributed by atoms with Crippen molar-refractivity contribution in [3.63, 3.8) is 0 Å². The van der Waals surface area contributed by atoms with Crippen LogP contribution < -0.4 is 19.5 Å². The predicted molar refractivity (Wildman–Crippen MR) is 129 cm³/mol. The Morgan fingerprint density at radius 2 is 1.73 bits per heavy atom. The molecule has 0 atom stereocenters. The highest BCUT2D eigenvalue weighted by Gasteiger charge is 2.14. The van der Waals surface area contributed by atoms with E-state index >= 15 is 0 Å². The molecule has 0 radical (unpaired) electrons. The Morgan fingerprint density at radius 3 is 2.45 bits per heavy atom. The lowest BCUT2D eigenvalue weighted by Crippen LogP contribution is -2.13. The molecule has 0 saturated carbocycles. The summed E-state index contributed by atoms with van der Waals surface area (Å²) >= 11 is 12.5. The molecule has 1 N–H and O–H groups in total. The zero-order valence-corrected chi connectivity index (χ0v) is 19.2. The number of hydrogen-bond donors (Lipinski definition) is 1. The summed E-state index contributed by atoms with van der Waals surface area (Å²) in [5.74, 6) is 1.03. The number of nitrogens with zero attached hydrogens (tertiary/aromatic N) is 1. The third-order valence-corrected chi connectivity index (χ3v) is 4.87. The summed E-state index contributed by atoms with van der Waals surface area (Å²) in [7, 11) is 1.58. The van der Waals surface area contributed by atoms with Crippen LogP contribution in [0.5, 0.6) is 17.2 Å². The maximum absolute atomic E-state index is 12.6. The van der Waals surface area contributed by atoms with Crippen molar-refractivity contribution in [3.05, 3.63) is 87.9 Å². The molecule has 33 heavy (non-hydrogen) atoms. The van der Waals surface area contributed by atoms with Gasteiger partial charge < -0.3 is 19.5 Å². The third kappa shape index (κ3) is 6.91. The molecule has 0 aliphatic carbocycles. The quantitative estimate of drug-likeness (QED) is 0.229. The van der Waals surface area contributed by atoms with Crippen molar-refractivity contribution in [2.45, 2.75) is 0 Å². The molecule has 0 spiro atoms. The lowest BCUT2D eigenvalue weighted by molar-refractivity contribution is -0.112. The molecule has 0 fully saturated rings. The van der Waals surface area contributed by atoms with Crippen molar-refractivity contribution < 1.29 is 19.0 Å². The highest BCUT2D eigenvalue weighted by atomic mass is 35.5. The first kappa shape index (κ1) is 24.0. The fourth-order valence-corrected chi connectivity index (χ4v) is 3.42. The molecule has 3 aromatic rings. The Kier molecular flexibility index (Phi) is 8.59. The molecule has 8 heteroatoms. The zero-order chi connectivity index (χ0) is 23.6. The van der Waals surface area contributed by atoms with Gasteiger partial charge in [-0.05, 0) is 42.5 Å². The summed E-state index contributed by atoms with van der Waals surface area (Å²) in [5.41, 5.74) is 0.835. The Bertz CT molecular complexity index is 1190. The Labute approximate surface area is 201 Å². The van der Waals surface area contributed by atoms with E-state index in [1.54, 1.807) is 49.6 Å². The standard InChI is InChI=1S/C25H20Cl2N2O4/c1-31-21-8-5-9-22(15-21)32-10-11-33-24-17(13-19(26)14-23(24)27)12-18(16-28)25(30)29-20-6-3-2-4-7-20/h2-9,12-15H,10-11H2,1H3,(H,29,30). The number of nitrogens with one attached hydrogen (secondary N) is 1. The highest BCUT2D eigenvalue weighted by molar-refractivity contribution is 6.36. The minimum atomic E-state index is -0.563. The van der Waals surface area contributed by atoms with Crippen molar-refractivity contribution in [2.24, 2.45) is 0 Å². The molecule has 1 amide bonds. The first-order valence-electron chi connectivity index (χ1n) is 9.87. The number of benzene rings is 3. The van der Waals surface area contributed by atoms with Crippen LogP contribution in [0.3, 0.4) is 0 Å². The Morgan fingerprint density at radius 1 is 1.00 bits per heavy atom. The van der Waals surface area contributed by atoms with E-state index in [0.717, 1.165) is 0 Å². The monoisotopic (exact) mass is 482 g/mol. The predicted octanol–water partition coefficient (Wildman–Crippen LogP) is 6.01. The van der Waals surface area contributed by atoms with E-state index in [0.29, 0.717) is 27.8 Å². The number of anilines is 1. The number of methoxy groups -OCH3 is 1. The minimum Gasteiger partial charge on any atom is -0.497 e. The third-order valence-electron chi connectivity index (χ3n) is 4.37. The number of rotatable bonds is 9. The summed E-state index contributed by atoms with van der Waals surface area (Å²) < 4.78 is 16.7. The number of carbonyl (C=O) groups excluding carboxylic acids is 1. The van der Waals surface area contributed by atoms with Crippen LogP contribution in [-0.4, -0.2) is 26.2 Å². The van der Waals surface area contributed by atoms with Crippen LogP contribution in [0, 0.1) is 11.3 Å². The smallest absolute Gasteiger partial charge is 0.266 e. The van der Waals surface area contributed by atoms with Crippen LogP contribution in [0.25, 0.3) is 6.08 Å². The highest BCUT2D eigenvalue weighted by Crippen LogP contribution is 2.34. The van der Waals surface area contributed by atoms with Crippen LogP contribution in [0.2, 0.25) is 10.0 Å². The number of halogens is 2. The molecular formula is C25H20Cl2N2O4. The number of amides is 1. The molecule has 3 rings (SSSR count). The first-order chi connectivity index (χ1) is 16.0. The molecule has 0 bridgehead atoms.